The van der Waals surface area contributed by atoms with Crippen LogP contribution >= 0.6 is 11.6 Å². The summed E-state index contributed by atoms with van der Waals surface area (Å²) in [5.41, 5.74) is -0.0155. The van der Waals surface area contributed by atoms with Gasteiger partial charge in [0.05, 0.1) is 10.6 Å². The molecule has 1 aromatic rings. The Kier molecular flexibility index (Phi) is 3.74. The molecule has 0 radical (unpaired) electrons. The monoisotopic (exact) mass is 256 g/mol. The van der Waals surface area contributed by atoms with Gasteiger partial charge in [0.15, 0.2) is 0 Å². The van der Waals surface area contributed by atoms with Crippen LogP contribution in [0, 0.1) is 11.7 Å². The van der Waals surface area contributed by atoms with Gasteiger partial charge in [0.25, 0.3) is 0 Å². The van der Waals surface area contributed by atoms with Crippen LogP contribution in [0.25, 0.3) is 0 Å². The van der Waals surface area contributed by atoms with Crippen molar-refractivity contribution >= 4 is 11.6 Å². The minimum absolute atomic E-state index is 0.152. The molecule has 3 heteroatoms. The second kappa shape index (κ2) is 4.95. The highest BCUT2D eigenvalue weighted by molar-refractivity contribution is 6.31. The van der Waals surface area contributed by atoms with Crippen molar-refractivity contribution in [2.75, 3.05) is 0 Å². The zero-order valence-corrected chi connectivity index (χ0v) is 10.8. The second-order valence-corrected chi connectivity index (χ2v) is 5.52. The van der Waals surface area contributed by atoms with E-state index >= 15 is 0 Å². The molecule has 1 fully saturated rings. The summed E-state index contributed by atoms with van der Waals surface area (Å²) in [5, 5.41) is 10.8. The van der Waals surface area contributed by atoms with Crippen LogP contribution in [0.5, 0.6) is 0 Å². The fourth-order valence-corrected chi connectivity index (χ4v) is 2.87. The fourth-order valence-electron chi connectivity index (χ4n) is 2.67. The zero-order valence-electron chi connectivity index (χ0n) is 10.0. The first kappa shape index (κ1) is 12.8. The van der Waals surface area contributed by atoms with Gasteiger partial charge < -0.3 is 5.11 Å². The normalized spacial score (nSPS) is 29.3. The van der Waals surface area contributed by atoms with Gasteiger partial charge >= 0.3 is 0 Å². The van der Waals surface area contributed by atoms with Gasteiger partial charge in [0, 0.05) is 6.42 Å². The van der Waals surface area contributed by atoms with E-state index in [-0.39, 0.29) is 10.9 Å². The van der Waals surface area contributed by atoms with Gasteiger partial charge in [-0.2, -0.15) is 0 Å². The van der Waals surface area contributed by atoms with E-state index in [2.05, 4.69) is 6.92 Å². The summed E-state index contributed by atoms with van der Waals surface area (Å²) >= 11 is 5.94. The third-order valence-corrected chi connectivity index (χ3v) is 4.37. The number of hydrogen-bond donors (Lipinski definition) is 1. The van der Waals surface area contributed by atoms with Crippen molar-refractivity contribution in [2.24, 2.45) is 5.92 Å². The van der Waals surface area contributed by atoms with Crippen molar-refractivity contribution in [2.45, 2.75) is 44.6 Å². The van der Waals surface area contributed by atoms with Crippen molar-refractivity contribution in [3.8, 4) is 0 Å². The highest BCUT2D eigenvalue weighted by atomic mass is 35.5. The molecule has 1 aromatic carbocycles. The molecule has 0 bridgehead atoms. The van der Waals surface area contributed by atoms with Crippen molar-refractivity contribution < 1.29 is 9.50 Å². The van der Waals surface area contributed by atoms with Gasteiger partial charge in [-0.15, -0.1) is 0 Å². The van der Waals surface area contributed by atoms with E-state index in [1.807, 2.05) is 0 Å². The molecule has 0 aliphatic heterocycles. The second-order valence-electron chi connectivity index (χ2n) is 5.14. The Labute approximate surface area is 107 Å². The van der Waals surface area contributed by atoms with Crippen LogP contribution in [0.15, 0.2) is 18.2 Å². The molecule has 2 atom stereocenters. The molecule has 1 nitrogen and oxygen atoms in total. The fraction of sp³-hybridized carbons (Fsp3) is 0.571. The zero-order chi connectivity index (χ0) is 12.5. The lowest BCUT2D eigenvalue weighted by Gasteiger charge is -2.38. The molecule has 0 saturated heterocycles. The summed E-state index contributed by atoms with van der Waals surface area (Å²) in [6.45, 7) is 2.06. The van der Waals surface area contributed by atoms with E-state index in [1.165, 1.54) is 12.5 Å². The molecule has 1 N–H and O–H groups in total. The standard InChI is InChI=1S/C14H18ClFO/c1-10-5-2-3-8-14(10,17)9-11-6-4-7-12(16)13(11)15/h4,6-7,10,17H,2-3,5,8-9H2,1H3. The van der Waals surface area contributed by atoms with Crippen LogP contribution in [0.2, 0.25) is 5.02 Å². The summed E-state index contributed by atoms with van der Waals surface area (Å²) in [5.74, 6) is -0.160. The maximum atomic E-state index is 13.3. The summed E-state index contributed by atoms with van der Waals surface area (Å²) in [6, 6.07) is 4.79. The molecule has 0 spiro atoms. The van der Waals surface area contributed by atoms with Gasteiger partial charge in [0.2, 0.25) is 0 Å². The Bertz CT molecular complexity index is 407. The summed E-state index contributed by atoms with van der Waals surface area (Å²) < 4.78 is 13.3. The molecule has 2 rings (SSSR count). The summed E-state index contributed by atoms with van der Waals surface area (Å²) in [6.07, 6.45) is 4.46. The largest absolute Gasteiger partial charge is 0.389 e. The minimum Gasteiger partial charge on any atom is -0.389 e. The maximum Gasteiger partial charge on any atom is 0.142 e. The Morgan fingerprint density at radius 2 is 2.24 bits per heavy atom. The van der Waals surface area contributed by atoms with Gasteiger partial charge in [-0.05, 0) is 30.4 Å². The smallest absolute Gasteiger partial charge is 0.142 e. The first-order chi connectivity index (χ1) is 8.03. The molecule has 1 aliphatic rings. The van der Waals surface area contributed by atoms with E-state index in [1.54, 1.807) is 12.1 Å². The molecule has 17 heavy (non-hydrogen) atoms. The Hall–Kier alpha value is -0.600. The Morgan fingerprint density at radius 1 is 1.47 bits per heavy atom. The Balaban J connectivity index is 2.22. The van der Waals surface area contributed by atoms with Gasteiger partial charge in [-0.25, -0.2) is 4.39 Å². The van der Waals surface area contributed by atoms with E-state index in [9.17, 15) is 9.50 Å². The predicted molar refractivity (Wildman–Crippen MR) is 67.7 cm³/mol. The molecule has 1 saturated carbocycles. The molecule has 1 aliphatic carbocycles. The third kappa shape index (κ3) is 2.63. The highest BCUT2D eigenvalue weighted by Crippen LogP contribution is 2.37. The first-order valence-electron chi connectivity index (χ1n) is 6.18. The van der Waals surface area contributed by atoms with E-state index in [4.69, 9.17) is 11.6 Å². The summed E-state index contributed by atoms with van der Waals surface area (Å²) in [7, 11) is 0. The lowest BCUT2D eigenvalue weighted by atomic mass is 9.73. The average Bonchev–Trinajstić information content (AvgIpc) is 2.29. The van der Waals surface area contributed by atoms with E-state index in [0.29, 0.717) is 12.0 Å². The maximum absolute atomic E-state index is 13.3. The molecule has 2 unspecified atom stereocenters. The summed E-state index contributed by atoms with van der Waals surface area (Å²) in [4.78, 5) is 0. The van der Waals surface area contributed by atoms with Gasteiger partial charge in [-0.3, -0.25) is 0 Å². The molecular formula is C14H18ClFO. The van der Waals surface area contributed by atoms with E-state index in [0.717, 1.165) is 19.3 Å². The third-order valence-electron chi connectivity index (χ3n) is 3.94. The molecular weight excluding hydrogens is 239 g/mol. The molecule has 94 valence electrons. The number of hydrogen-bond acceptors (Lipinski definition) is 1. The minimum atomic E-state index is -0.727. The first-order valence-corrected chi connectivity index (χ1v) is 6.56. The number of halogens is 2. The van der Waals surface area contributed by atoms with Gasteiger partial charge in [-0.1, -0.05) is 43.5 Å². The number of benzene rings is 1. The average molecular weight is 257 g/mol. The topological polar surface area (TPSA) is 20.2 Å². The quantitative estimate of drug-likeness (QED) is 0.849. The number of rotatable bonds is 2. The van der Waals surface area contributed by atoms with Crippen LogP contribution in [0.3, 0.4) is 0 Å². The lowest BCUT2D eigenvalue weighted by Crippen LogP contribution is -2.41. The van der Waals surface area contributed by atoms with Crippen molar-refractivity contribution in [3.05, 3.63) is 34.6 Å². The van der Waals surface area contributed by atoms with Crippen LogP contribution in [-0.2, 0) is 6.42 Å². The van der Waals surface area contributed by atoms with E-state index < -0.39 is 11.4 Å². The lowest BCUT2D eigenvalue weighted by molar-refractivity contribution is -0.0405. The van der Waals surface area contributed by atoms with Crippen molar-refractivity contribution in [1.82, 2.24) is 0 Å². The number of aliphatic hydroxyl groups is 1. The molecule has 0 heterocycles. The Morgan fingerprint density at radius 3 is 2.94 bits per heavy atom. The van der Waals surface area contributed by atoms with Crippen LogP contribution in [0.1, 0.15) is 38.2 Å². The van der Waals surface area contributed by atoms with Crippen LogP contribution in [-0.4, -0.2) is 10.7 Å². The van der Waals surface area contributed by atoms with Gasteiger partial charge in [0.1, 0.15) is 5.82 Å². The van der Waals surface area contributed by atoms with Crippen molar-refractivity contribution in [1.29, 1.82) is 0 Å². The molecule has 0 amide bonds. The highest BCUT2D eigenvalue weighted by Gasteiger charge is 2.36. The van der Waals surface area contributed by atoms with Crippen LogP contribution < -0.4 is 0 Å². The van der Waals surface area contributed by atoms with Crippen molar-refractivity contribution in [3.63, 3.8) is 0 Å². The molecule has 0 aromatic heterocycles. The predicted octanol–water partition coefficient (Wildman–Crippen LogP) is 3.96. The van der Waals surface area contributed by atoms with Crippen LogP contribution in [0.4, 0.5) is 4.39 Å². The SMILES string of the molecule is CC1CCCCC1(O)Cc1cccc(F)c1Cl.